The van der Waals surface area contributed by atoms with E-state index in [1.165, 1.54) is 57.6 Å². The van der Waals surface area contributed by atoms with Gasteiger partial charge in [-0.2, -0.15) is 0 Å². The van der Waals surface area contributed by atoms with E-state index in [2.05, 4.69) is 43.1 Å². The van der Waals surface area contributed by atoms with Crippen molar-refractivity contribution in [3.63, 3.8) is 0 Å². The van der Waals surface area contributed by atoms with Crippen molar-refractivity contribution in [1.29, 1.82) is 0 Å². The first-order valence-electron chi connectivity index (χ1n) is 9.01. The topological polar surface area (TPSA) is 29.1 Å². The highest BCUT2D eigenvalue weighted by molar-refractivity contribution is 5.76. The van der Waals surface area contributed by atoms with Crippen LogP contribution in [0.25, 0.3) is 0 Å². The van der Waals surface area contributed by atoms with Crippen molar-refractivity contribution >= 4 is 5.91 Å². The van der Waals surface area contributed by atoms with E-state index in [1.807, 2.05) is 0 Å². The first-order valence-corrected chi connectivity index (χ1v) is 9.01. The third-order valence-electron chi connectivity index (χ3n) is 3.62. The quantitative estimate of drug-likeness (QED) is 0.289. The van der Waals surface area contributed by atoms with Gasteiger partial charge in [-0.25, -0.2) is 0 Å². The highest BCUT2D eigenvalue weighted by atomic mass is 16.1. The molecule has 0 unspecified atom stereocenters. The summed E-state index contributed by atoms with van der Waals surface area (Å²) in [6.45, 7) is 5.72. The second kappa shape index (κ2) is 17.7. The molecule has 0 aromatic carbocycles. The highest BCUT2D eigenvalue weighted by Gasteiger charge is 1.97. The van der Waals surface area contributed by atoms with Crippen LogP contribution in [-0.2, 0) is 4.79 Å². The summed E-state index contributed by atoms with van der Waals surface area (Å²) in [5, 5.41) is 2.61. The molecule has 0 aromatic heterocycles. The summed E-state index contributed by atoms with van der Waals surface area (Å²) in [5.41, 5.74) is 0. The van der Waals surface area contributed by atoms with Crippen LogP contribution in [0.2, 0.25) is 0 Å². The fraction of sp³-hybridized carbons (Fsp3) is 0.650. The smallest absolute Gasteiger partial charge is 0.223 e. The van der Waals surface area contributed by atoms with Crippen molar-refractivity contribution in [2.45, 2.75) is 84.0 Å². The van der Waals surface area contributed by atoms with E-state index in [1.54, 1.807) is 0 Å². The minimum absolute atomic E-state index is 0.0840. The monoisotopic (exact) mass is 305 g/mol. The Balaban J connectivity index is 3.23. The van der Waals surface area contributed by atoms with Gasteiger partial charge in [0.1, 0.15) is 0 Å². The zero-order chi connectivity index (χ0) is 16.3. The molecule has 2 nitrogen and oxygen atoms in total. The Morgan fingerprint density at radius 1 is 0.864 bits per heavy atom. The summed E-state index contributed by atoms with van der Waals surface area (Å²) >= 11 is 0. The number of amides is 1. The maximum absolute atomic E-state index is 11.2. The molecule has 1 N–H and O–H groups in total. The lowest BCUT2D eigenvalue weighted by Gasteiger charge is -2.00. The summed E-state index contributed by atoms with van der Waals surface area (Å²) in [6.07, 6.45) is 24.6. The van der Waals surface area contributed by atoms with Crippen molar-refractivity contribution in [2.24, 2.45) is 0 Å². The normalized spacial score (nSPS) is 11.3. The molecule has 0 bridgehead atoms. The molecule has 0 saturated heterocycles. The molecule has 0 radical (unpaired) electrons. The fourth-order valence-electron chi connectivity index (χ4n) is 2.28. The third kappa shape index (κ3) is 16.7. The molecular formula is C20H35NO. The van der Waals surface area contributed by atoms with Crippen LogP contribution in [0.3, 0.4) is 0 Å². The molecule has 0 fully saturated rings. The van der Waals surface area contributed by atoms with Crippen molar-refractivity contribution in [2.75, 3.05) is 0 Å². The first kappa shape index (κ1) is 20.7. The van der Waals surface area contributed by atoms with Gasteiger partial charge in [0.25, 0.3) is 0 Å². The van der Waals surface area contributed by atoms with Gasteiger partial charge in [0.15, 0.2) is 0 Å². The van der Waals surface area contributed by atoms with E-state index >= 15 is 0 Å². The minimum Gasteiger partial charge on any atom is -0.333 e. The number of carbonyl (C=O) groups excluding carboxylic acids is 1. The van der Waals surface area contributed by atoms with E-state index in [-0.39, 0.29) is 5.91 Å². The van der Waals surface area contributed by atoms with Crippen LogP contribution in [0.15, 0.2) is 37.1 Å². The summed E-state index contributed by atoms with van der Waals surface area (Å²) < 4.78 is 0. The molecule has 0 rings (SSSR count). The SMILES string of the molecule is C=CNC(=O)CCCCCCC/C=C\C/C=C\CCCCC. The molecule has 0 saturated carbocycles. The number of hydrogen-bond donors (Lipinski definition) is 1. The molecule has 22 heavy (non-hydrogen) atoms. The average molecular weight is 306 g/mol. The molecule has 126 valence electrons. The van der Waals surface area contributed by atoms with Crippen LogP contribution in [-0.4, -0.2) is 5.91 Å². The predicted octanol–water partition coefficient (Wildman–Crippen LogP) is 6.06. The van der Waals surface area contributed by atoms with Crippen molar-refractivity contribution < 1.29 is 4.79 Å². The van der Waals surface area contributed by atoms with Crippen LogP contribution >= 0.6 is 0 Å². The first-order chi connectivity index (χ1) is 10.8. The maximum Gasteiger partial charge on any atom is 0.223 e. The lowest BCUT2D eigenvalue weighted by molar-refractivity contribution is -0.120. The van der Waals surface area contributed by atoms with E-state index < -0.39 is 0 Å². The van der Waals surface area contributed by atoms with Crippen molar-refractivity contribution in [1.82, 2.24) is 5.32 Å². The van der Waals surface area contributed by atoms with Crippen molar-refractivity contribution in [3.05, 3.63) is 37.1 Å². The Morgan fingerprint density at radius 3 is 2.09 bits per heavy atom. The van der Waals surface area contributed by atoms with E-state index in [0.717, 1.165) is 19.3 Å². The van der Waals surface area contributed by atoms with Gasteiger partial charge in [0.05, 0.1) is 0 Å². The number of allylic oxidation sites excluding steroid dienone is 4. The molecule has 0 heterocycles. The average Bonchev–Trinajstić information content (AvgIpc) is 2.51. The van der Waals surface area contributed by atoms with Crippen molar-refractivity contribution in [3.8, 4) is 0 Å². The Hall–Kier alpha value is -1.31. The van der Waals surface area contributed by atoms with Gasteiger partial charge in [0, 0.05) is 6.42 Å². The predicted molar refractivity (Wildman–Crippen MR) is 97.7 cm³/mol. The summed E-state index contributed by atoms with van der Waals surface area (Å²) in [6, 6.07) is 0. The fourth-order valence-corrected chi connectivity index (χ4v) is 2.28. The number of unbranched alkanes of at least 4 members (excludes halogenated alkanes) is 8. The molecule has 0 atom stereocenters. The van der Waals surface area contributed by atoms with Gasteiger partial charge in [0.2, 0.25) is 5.91 Å². The zero-order valence-corrected chi connectivity index (χ0v) is 14.5. The minimum atomic E-state index is 0.0840. The maximum atomic E-state index is 11.2. The Labute approximate surface area is 137 Å². The summed E-state index contributed by atoms with van der Waals surface area (Å²) in [5.74, 6) is 0.0840. The third-order valence-corrected chi connectivity index (χ3v) is 3.62. The van der Waals surface area contributed by atoms with Crippen LogP contribution in [0.5, 0.6) is 0 Å². The highest BCUT2D eigenvalue weighted by Crippen LogP contribution is 2.08. The van der Waals surface area contributed by atoms with Crippen LogP contribution in [0.4, 0.5) is 0 Å². The molecule has 0 aliphatic heterocycles. The molecule has 0 aromatic rings. The lowest BCUT2D eigenvalue weighted by Crippen LogP contribution is -2.15. The number of hydrogen-bond acceptors (Lipinski definition) is 1. The molecular weight excluding hydrogens is 270 g/mol. The number of carbonyl (C=O) groups is 1. The van der Waals surface area contributed by atoms with E-state index in [0.29, 0.717) is 6.42 Å². The molecule has 2 heteroatoms. The molecule has 0 spiro atoms. The van der Waals surface area contributed by atoms with Gasteiger partial charge in [-0.15, -0.1) is 0 Å². The van der Waals surface area contributed by atoms with Crippen LogP contribution in [0, 0.1) is 0 Å². The molecule has 0 aliphatic carbocycles. The van der Waals surface area contributed by atoms with Crippen LogP contribution < -0.4 is 5.32 Å². The van der Waals surface area contributed by atoms with Gasteiger partial charge in [-0.1, -0.05) is 69.9 Å². The zero-order valence-electron chi connectivity index (χ0n) is 14.5. The van der Waals surface area contributed by atoms with Gasteiger partial charge < -0.3 is 5.32 Å². The molecule has 0 aliphatic rings. The van der Waals surface area contributed by atoms with Gasteiger partial charge in [-0.3, -0.25) is 4.79 Å². The number of rotatable bonds is 15. The van der Waals surface area contributed by atoms with Gasteiger partial charge >= 0.3 is 0 Å². The Morgan fingerprint density at radius 2 is 1.45 bits per heavy atom. The summed E-state index contributed by atoms with van der Waals surface area (Å²) in [4.78, 5) is 11.2. The second-order valence-corrected chi connectivity index (χ2v) is 5.75. The van der Waals surface area contributed by atoms with E-state index in [9.17, 15) is 4.79 Å². The largest absolute Gasteiger partial charge is 0.333 e. The second-order valence-electron chi connectivity index (χ2n) is 5.75. The Bertz CT molecular complexity index is 318. The molecule has 1 amide bonds. The number of nitrogens with one attached hydrogen (secondary N) is 1. The van der Waals surface area contributed by atoms with E-state index in [4.69, 9.17) is 0 Å². The van der Waals surface area contributed by atoms with Gasteiger partial charge in [-0.05, 0) is 44.7 Å². The lowest BCUT2D eigenvalue weighted by atomic mass is 10.1. The Kier molecular flexibility index (Phi) is 16.7. The summed E-state index contributed by atoms with van der Waals surface area (Å²) in [7, 11) is 0. The van der Waals surface area contributed by atoms with Crippen LogP contribution in [0.1, 0.15) is 84.0 Å². The standard InChI is InChI=1S/C20H35NO/c1-3-5-6-7-8-9-10-11-12-13-14-15-16-17-18-19-20(22)21-4-2/h4,8-9,11-12H,2-3,5-7,10,13-19H2,1H3,(H,21,22)/b9-8-,12-11-.